The standard InChI is InChI=1S/C20H23ClN2O2/c1-14-7-5-10-18(15(14)2)25-13-19(24)22-17-9-6-8-16(21)20(17)23-11-3-4-12-23/h5-10H,3-4,11-13H2,1-2H3,(H,22,24). The van der Waals surface area contributed by atoms with Crippen molar-refractivity contribution in [2.75, 3.05) is 29.9 Å². The van der Waals surface area contributed by atoms with E-state index in [4.69, 9.17) is 16.3 Å². The molecule has 2 aromatic rings. The smallest absolute Gasteiger partial charge is 0.262 e. The van der Waals surface area contributed by atoms with Crippen molar-refractivity contribution in [2.24, 2.45) is 0 Å². The lowest BCUT2D eigenvalue weighted by Crippen LogP contribution is -2.24. The second-order valence-electron chi connectivity index (χ2n) is 6.37. The lowest BCUT2D eigenvalue weighted by molar-refractivity contribution is -0.118. The molecule has 1 aliphatic rings. The van der Waals surface area contributed by atoms with Gasteiger partial charge in [0.1, 0.15) is 5.75 Å². The quantitative estimate of drug-likeness (QED) is 0.850. The molecule has 0 unspecified atom stereocenters. The Bertz CT molecular complexity index is 770. The van der Waals surface area contributed by atoms with E-state index in [9.17, 15) is 4.79 Å². The normalized spacial score (nSPS) is 13.8. The molecule has 2 aromatic carbocycles. The van der Waals surface area contributed by atoms with Crippen LogP contribution in [0.4, 0.5) is 11.4 Å². The molecule has 4 nitrogen and oxygen atoms in total. The van der Waals surface area contributed by atoms with Crippen LogP contribution in [-0.2, 0) is 4.79 Å². The number of carbonyl (C=O) groups excluding carboxylic acids is 1. The summed E-state index contributed by atoms with van der Waals surface area (Å²) in [4.78, 5) is 14.6. The highest BCUT2D eigenvalue weighted by molar-refractivity contribution is 6.34. The summed E-state index contributed by atoms with van der Waals surface area (Å²) >= 11 is 6.38. The van der Waals surface area contributed by atoms with Crippen LogP contribution in [0, 0.1) is 13.8 Å². The lowest BCUT2D eigenvalue weighted by atomic mass is 10.1. The van der Waals surface area contributed by atoms with Gasteiger partial charge in [-0.05, 0) is 56.0 Å². The van der Waals surface area contributed by atoms with Gasteiger partial charge in [0, 0.05) is 13.1 Å². The van der Waals surface area contributed by atoms with E-state index in [0.29, 0.717) is 5.02 Å². The van der Waals surface area contributed by atoms with Crippen LogP contribution in [0.2, 0.25) is 5.02 Å². The highest BCUT2D eigenvalue weighted by atomic mass is 35.5. The van der Waals surface area contributed by atoms with Gasteiger partial charge in [0.25, 0.3) is 5.91 Å². The number of rotatable bonds is 5. The van der Waals surface area contributed by atoms with E-state index in [0.717, 1.165) is 54.2 Å². The van der Waals surface area contributed by atoms with E-state index in [1.807, 2.05) is 50.2 Å². The summed E-state index contributed by atoms with van der Waals surface area (Å²) in [6.07, 6.45) is 2.29. The largest absolute Gasteiger partial charge is 0.483 e. The lowest BCUT2D eigenvalue weighted by Gasteiger charge is -2.23. The first-order chi connectivity index (χ1) is 12.1. The zero-order valence-electron chi connectivity index (χ0n) is 14.6. The molecule has 1 fully saturated rings. The molecule has 0 aromatic heterocycles. The number of anilines is 2. The third-order valence-corrected chi connectivity index (χ3v) is 4.90. The van der Waals surface area contributed by atoms with Crippen LogP contribution in [0.15, 0.2) is 36.4 Å². The molecule has 5 heteroatoms. The third kappa shape index (κ3) is 4.07. The minimum Gasteiger partial charge on any atom is -0.483 e. The Balaban J connectivity index is 1.69. The van der Waals surface area contributed by atoms with Crippen LogP contribution in [0.3, 0.4) is 0 Å². The fourth-order valence-corrected chi connectivity index (χ4v) is 3.38. The Morgan fingerprint density at radius 3 is 2.64 bits per heavy atom. The van der Waals surface area contributed by atoms with Crippen LogP contribution >= 0.6 is 11.6 Å². The number of amides is 1. The van der Waals surface area contributed by atoms with Crippen molar-refractivity contribution in [3.8, 4) is 5.75 Å². The van der Waals surface area contributed by atoms with Crippen molar-refractivity contribution >= 4 is 28.9 Å². The molecule has 25 heavy (non-hydrogen) atoms. The molecule has 1 saturated heterocycles. The fraction of sp³-hybridized carbons (Fsp3) is 0.350. The highest BCUT2D eigenvalue weighted by Gasteiger charge is 2.20. The first-order valence-corrected chi connectivity index (χ1v) is 8.96. The number of hydrogen-bond donors (Lipinski definition) is 1. The van der Waals surface area contributed by atoms with E-state index in [-0.39, 0.29) is 12.5 Å². The number of nitrogens with one attached hydrogen (secondary N) is 1. The molecule has 1 N–H and O–H groups in total. The minimum absolute atomic E-state index is 0.0315. The summed E-state index contributed by atoms with van der Waals surface area (Å²) in [6.45, 7) is 5.91. The van der Waals surface area contributed by atoms with Gasteiger partial charge in [-0.2, -0.15) is 0 Å². The first kappa shape index (κ1) is 17.6. The Kier molecular flexibility index (Phi) is 5.49. The van der Waals surface area contributed by atoms with Gasteiger partial charge >= 0.3 is 0 Å². The Labute approximate surface area is 153 Å². The van der Waals surface area contributed by atoms with E-state index in [1.54, 1.807) is 0 Å². The van der Waals surface area contributed by atoms with Gasteiger partial charge in [-0.15, -0.1) is 0 Å². The van der Waals surface area contributed by atoms with Crippen LogP contribution in [0.1, 0.15) is 24.0 Å². The minimum atomic E-state index is -0.191. The zero-order chi connectivity index (χ0) is 17.8. The van der Waals surface area contributed by atoms with Crippen LogP contribution in [0.5, 0.6) is 5.75 Å². The second-order valence-corrected chi connectivity index (χ2v) is 6.77. The van der Waals surface area contributed by atoms with Gasteiger partial charge in [0.15, 0.2) is 6.61 Å². The highest BCUT2D eigenvalue weighted by Crippen LogP contribution is 2.35. The second kappa shape index (κ2) is 7.79. The van der Waals surface area contributed by atoms with Gasteiger partial charge in [0.2, 0.25) is 0 Å². The average molecular weight is 359 g/mol. The van der Waals surface area contributed by atoms with Gasteiger partial charge in [-0.25, -0.2) is 0 Å². The van der Waals surface area contributed by atoms with E-state index in [1.165, 1.54) is 0 Å². The number of nitrogens with zero attached hydrogens (tertiary/aromatic N) is 1. The molecule has 0 radical (unpaired) electrons. The topological polar surface area (TPSA) is 41.6 Å². The number of hydrogen-bond acceptors (Lipinski definition) is 3. The Hall–Kier alpha value is -2.20. The average Bonchev–Trinajstić information content (AvgIpc) is 3.10. The van der Waals surface area contributed by atoms with Crippen molar-refractivity contribution in [2.45, 2.75) is 26.7 Å². The van der Waals surface area contributed by atoms with E-state index < -0.39 is 0 Å². The van der Waals surface area contributed by atoms with Crippen molar-refractivity contribution < 1.29 is 9.53 Å². The number of para-hydroxylation sites is 1. The van der Waals surface area contributed by atoms with Crippen molar-refractivity contribution in [3.63, 3.8) is 0 Å². The molecule has 0 bridgehead atoms. The predicted octanol–water partition coefficient (Wildman–Crippen LogP) is 4.57. The molecular formula is C20H23ClN2O2. The van der Waals surface area contributed by atoms with Gasteiger partial charge in [0.05, 0.1) is 16.4 Å². The van der Waals surface area contributed by atoms with Crippen molar-refractivity contribution in [1.29, 1.82) is 0 Å². The van der Waals surface area contributed by atoms with Crippen LogP contribution < -0.4 is 15.0 Å². The summed E-state index contributed by atoms with van der Waals surface area (Å²) in [5.41, 5.74) is 3.84. The molecule has 0 aliphatic carbocycles. The maximum absolute atomic E-state index is 12.4. The monoisotopic (exact) mass is 358 g/mol. The molecule has 0 spiro atoms. The third-order valence-electron chi connectivity index (χ3n) is 4.60. The number of ether oxygens (including phenoxy) is 1. The molecule has 1 amide bonds. The zero-order valence-corrected chi connectivity index (χ0v) is 15.4. The summed E-state index contributed by atoms with van der Waals surface area (Å²) < 4.78 is 5.69. The number of carbonyl (C=O) groups is 1. The molecule has 132 valence electrons. The number of halogens is 1. The molecular weight excluding hydrogens is 336 g/mol. The summed E-state index contributed by atoms with van der Waals surface area (Å²) in [7, 11) is 0. The molecule has 3 rings (SSSR count). The molecule has 1 heterocycles. The number of benzene rings is 2. The Morgan fingerprint density at radius 2 is 1.88 bits per heavy atom. The van der Waals surface area contributed by atoms with Crippen LogP contribution in [0.25, 0.3) is 0 Å². The van der Waals surface area contributed by atoms with E-state index in [2.05, 4.69) is 10.2 Å². The molecule has 1 aliphatic heterocycles. The molecule has 0 atom stereocenters. The summed E-state index contributed by atoms with van der Waals surface area (Å²) in [5, 5.41) is 3.60. The predicted molar refractivity (Wildman–Crippen MR) is 103 cm³/mol. The van der Waals surface area contributed by atoms with Gasteiger partial charge in [-0.1, -0.05) is 29.8 Å². The Morgan fingerprint density at radius 1 is 1.16 bits per heavy atom. The van der Waals surface area contributed by atoms with Crippen molar-refractivity contribution in [3.05, 3.63) is 52.5 Å². The fourth-order valence-electron chi connectivity index (χ4n) is 3.09. The van der Waals surface area contributed by atoms with Crippen LogP contribution in [-0.4, -0.2) is 25.6 Å². The summed E-state index contributed by atoms with van der Waals surface area (Å²) in [6, 6.07) is 11.4. The van der Waals surface area contributed by atoms with Gasteiger partial charge in [-0.3, -0.25) is 4.79 Å². The van der Waals surface area contributed by atoms with E-state index >= 15 is 0 Å². The summed E-state index contributed by atoms with van der Waals surface area (Å²) in [5.74, 6) is 0.546. The molecule has 0 saturated carbocycles. The first-order valence-electron chi connectivity index (χ1n) is 8.58. The number of aryl methyl sites for hydroxylation is 1. The SMILES string of the molecule is Cc1cccc(OCC(=O)Nc2cccc(Cl)c2N2CCCC2)c1C. The maximum atomic E-state index is 12.4. The maximum Gasteiger partial charge on any atom is 0.262 e. The van der Waals surface area contributed by atoms with Gasteiger partial charge < -0.3 is 15.0 Å². The van der Waals surface area contributed by atoms with Crippen molar-refractivity contribution in [1.82, 2.24) is 0 Å².